The fourth-order valence-electron chi connectivity index (χ4n) is 3.12. The Morgan fingerprint density at radius 3 is 2.64 bits per heavy atom. The standard InChI is InChI=1S/C19H19N7O2/c1-2-15(13-5-7-14(8-6-13)26-21-10-11-22-26)24-19(28)25-12-17(27)23-16-4-3-9-20-18(16)25/h3-11,15H,2,12H2,1H3,(H,23,27)(H,24,28). The van der Waals surface area contributed by atoms with Gasteiger partial charge in [-0.15, -0.1) is 0 Å². The number of anilines is 2. The Balaban J connectivity index is 1.52. The predicted octanol–water partition coefficient (Wildman–Crippen LogP) is 2.28. The van der Waals surface area contributed by atoms with Gasteiger partial charge < -0.3 is 10.6 Å². The number of carbonyl (C=O) groups excluding carboxylic acids is 2. The Bertz CT molecular complexity index is 986. The molecule has 1 atom stereocenters. The Morgan fingerprint density at radius 1 is 1.18 bits per heavy atom. The van der Waals surface area contributed by atoms with Crippen molar-refractivity contribution in [2.24, 2.45) is 0 Å². The van der Waals surface area contributed by atoms with Gasteiger partial charge in [-0.05, 0) is 36.2 Å². The second kappa shape index (κ2) is 7.47. The molecule has 4 rings (SSSR count). The summed E-state index contributed by atoms with van der Waals surface area (Å²) in [6.07, 6.45) is 5.52. The number of aromatic nitrogens is 4. The number of hydrogen-bond acceptors (Lipinski definition) is 5. The number of urea groups is 1. The number of benzene rings is 1. The molecule has 9 nitrogen and oxygen atoms in total. The number of hydrogen-bond donors (Lipinski definition) is 2. The molecule has 142 valence electrons. The van der Waals surface area contributed by atoms with Gasteiger partial charge in [0.05, 0.1) is 29.8 Å². The number of nitrogens with zero attached hydrogens (tertiary/aromatic N) is 5. The van der Waals surface area contributed by atoms with Crippen LogP contribution in [0, 0.1) is 0 Å². The summed E-state index contributed by atoms with van der Waals surface area (Å²) in [4.78, 5) is 31.9. The van der Waals surface area contributed by atoms with Crippen molar-refractivity contribution in [3.8, 4) is 5.69 Å². The number of nitrogens with one attached hydrogen (secondary N) is 2. The third-order valence-corrected chi connectivity index (χ3v) is 4.51. The Morgan fingerprint density at radius 2 is 1.93 bits per heavy atom. The van der Waals surface area contributed by atoms with Crippen LogP contribution >= 0.6 is 0 Å². The molecule has 2 N–H and O–H groups in total. The molecule has 0 fully saturated rings. The summed E-state index contributed by atoms with van der Waals surface area (Å²) in [5.41, 5.74) is 2.31. The van der Waals surface area contributed by atoms with Crippen LogP contribution in [0.15, 0.2) is 55.0 Å². The first kappa shape index (κ1) is 17.7. The zero-order chi connectivity index (χ0) is 19.5. The summed E-state index contributed by atoms with van der Waals surface area (Å²) in [5.74, 6) is 0.189. The fraction of sp³-hybridized carbons (Fsp3) is 0.211. The van der Waals surface area contributed by atoms with Gasteiger partial charge in [-0.3, -0.25) is 9.69 Å². The summed E-state index contributed by atoms with van der Waals surface area (Å²) >= 11 is 0. The van der Waals surface area contributed by atoms with Crippen molar-refractivity contribution >= 4 is 23.4 Å². The van der Waals surface area contributed by atoms with Gasteiger partial charge in [0, 0.05) is 6.20 Å². The Labute approximate surface area is 161 Å². The van der Waals surface area contributed by atoms with Gasteiger partial charge in [0.25, 0.3) is 0 Å². The summed E-state index contributed by atoms with van der Waals surface area (Å²) < 4.78 is 0. The second-order valence-electron chi connectivity index (χ2n) is 6.33. The van der Waals surface area contributed by atoms with Crippen LogP contribution in [-0.4, -0.2) is 38.5 Å². The van der Waals surface area contributed by atoms with Gasteiger partial charge in [-0.2, -0.15) is 15.0 Å². The van der Waals surface area contributed by atoms with Gasteiger partial charge in [0.2, 0.25) is 5.91 Å². The van der Waals surface area contributed by atoms with Crippen molar-refractivity contribution in [2.45, 2.75) is 19.4 Å². The maximum Gasteiger partial charge on any atom is 0.324 e. The minimum Gasteiger partial charge on any atom is -0.331 e. The lowest BCUT2D eigenvalue weighted by molar-refractivity contribution is -0.115. The van der Waals surface area contributed by atoms with Crippen LogP contribution in [0.25, 0.3) is 5.69 Å². The molecular formula is C19H19N7O2. The molecule has 3 aromatic rings. The van der Waals surface area contributed by atoms with Crippen LogP contribution in [0.4, 0.5) is 16.3 Å². The van der Waals surface area contributed by atoms with Crippen molar-refractivity contribution < 1.29 is 9.59 Å². The molecule has 1 aromatic carbocycles. The van der Waals surface area contributed by atoms with Crippen molar-refractivity contribution in [3.05, 3.63) is 60.6 Å². The highest BCUT2D eigenvalue weighted by Gasteiger charge is 2.29. The highest BCUT2D eigenvalue weighted by molar-refractivity contribution is 6.08. The van der Waals surface area contributed by atoms with Crippen molar-refractivity contribution in [1.29, 1.82) is 0 Å². The average molecular weight is 377 g/mol. The first-order valence-electron chi connectivity index (χ1n) is 8.95. The minimum absolute atomic E-state index is 0.0732. The number of fused-ring (bicyclic) bond motifs is 1. The van der Waals surface area contributed by atoms with E-state index in [1.165, 1.54) is 9.70 Å². The lowest BCUT2D eigenvalue weighted by Gasteiger charge is -2.29. The van der Waals surface area contributed by atoms with Crippen LogP contribution in [-0.2, 0) is 4.79 Å². The van der Waals surface area contributed by atoms with E-state index in [2.05, 4.69) is 25.8 Å². The van der Waals surface area contributed by atoms with Gasteiger partial charge in [0.1, 0.15) is 6.54 Å². The Hall–Kier alpha value is -3.75. The number of pyridine rings is 1. The molecule has 0 aliphatic carbocycles. The van der Waals surface area contributed by atoms with E-state index in [-0.39, 0.29) is 24.5 Å². The maximum atomic E-state index is 12.9. The molecule has 0 saturated carbocycles. The van der Waals surface area contributed by atoms with E-state index < -0.39 is 0 Å². The zero-order valence-corrected chi connectivity index (χ0v) is 15.2. The van der Waals surface area contributed by atoms with E-state index in [1.54, 1.807) is 30.7 Å². The molecule has 0 spiro atoms. The third kappa shape index (κ3) is 3.41. The number of rotatable bonds is 4. The molecule has 0 radical (unpaired) electrons. The normalized spacial score (nSPS) is 14.2. The number of carbonyl (C=O) groups is 2. The fourth-order valence-corrected chi connectivity index (χ4v) is 3.12. The van der Waals surface area contributed by atoms with Crippen LogP contribution in [0.5, 0.6) is 0 Å². The van der Waals surface area contributed by atoms with E-state index in [0.29, 0.717) is 17.9 Å². The third-order valence-electron chi connectivity index (χ3n) is 4.51. The maximum absolute atomic E-state index is 12.9. The molecule has 2 aromatic heterocycles. The first-order chi connectivity index (χ1) is 13.7. The number of amides is 3. The summed E-state index contributed by atoms with van der Waals surface area (Å²) in [6.45, 7) is 1.92. The molecule has 1 aliphatic heterocycles. The van der Waals surface area contributed by atoms with E-state index >= 15 is 0 Å². The lowest BCUT2D eigenvalue weighted by atomic mass is 10.0. The van der Waals surface area contributed by atoms with Crippen LogP contribution in [0.3, 0.4) is 0 Å². The first-order valence-corrected chi connectivity index (χ1v) is 8.95. The molecular weight excluding hydrogens is 358 g/mol. The van der Waals surface area contributed by atoms with Crippen LogP contribution < -0.4 is 15.5 Å². The van der Waals surface area contributed by atoms with Crippen molar-refractivity contribution in [2.75, 3.05) is 16.8 Å². The largest absolute Gasteiger partial charge is 0.331 e. The molecule has 1 unspecified atom stereocenters. The molecule has 28 heavy (non-hydrogen) atoms. The highest BCUT2D eigenvalue weighted by Crippen LogP contribution is 2.27. The van der Waals surface area contributed by atoms with Crippen molar-refractivity contribution in [1.82, 2.24) is 25.3 Å². The Kier molecular flexibility index (Phi) is 4.71. The second-order valence-corrected chi connectivity index (χ2v) is 6.33. The molecule has 3 amide bonds. The smallest absolute Gasteiger partial charge is 0.324 e. The predicted molar refractivity (Wildman–Crippen MR) is 103 cm³/mol. The van der Waals surface area contributed by atoms with E-state index in [1.807, 2.05) is 31.2 Å². The monoisotopic (exact) mass is 377 g/mol. The van der Waals surface area contributed by atoms with Gasteiger partial charge >= 0.3 is 6.03 Å². The highest BCUT2D eigenvalue weighted by atomic mass is 16.2. The SMILES string of the molecule is CCC(NC(=O)N1CC(=O)Nc2cccnc21)c1ccc(-n2nccn2)cc1. The average Bonchev–Trinajstić information content (AvgIpc) is 3.26. The molecule has 0 saturated heterocycles. The summed E-state index contributed by atoms with van der Waals surface area (Å²) in [7, 11) is 0. The minimum atomic E-state index is -0.362. The summed E-state index contributed by atoms with van der Waals surface area (Å²) in [5, 5.41) is 13.9. The van der Waals surface area contributed by atoms with Gasteiger partial charge in [0.15, 0.2) is 5.82 Å². The van der Waals surface area contributed by atoms with E-state index in [9.17, 15) is 9.59 Å². The van der Waals surface area contributed by atoms with Gasteiger partial charge in [-0.1, -0.05) is 19.1 Å². The zero-order valence-electron chi connectivity index (χ0n) is 15.2. The van der Waals surface area contributed by atoms with E-state index in [4.69, 9.17) is 0 Å². The molecule has 0 bridgehead atoms. The van der Waals surface area contributed by atoms with Crippen molar-refractivity contribution in [3.63, 3.8) is 0 Å². The van der Waals surface area contributed by atoms with Crippen LogP contribution in [0.2, 0.25) is 0 Å². The molecule has 9 heteroatoms. The quantitative estimate of drug-likeness (QED) is 0.726. The molecule has 1 aliphatic rings. The van der Waals surface area contributed by atoms with Crippen LogP contribution in [0.1, 0.15) is 24.9 Å². The van der Waals surface area contributed by atoms with Gasteiger partial charge in [-0.25, -0.2) is 9.78 Å². The topological polar surface area (TPSA) is 105 Å². The summed E-state index contributed by atoms with van der Waals surface area (Å²) in [6, 6.07) is 10.5. The lowest BCUT2D eigenvalue weighted by Crippen LogP contribution is -2.48. The van der Waals surface area contributed by atoms with E-state index in [0.717, 1.165) is 11.3 Å². The molecule has 3 heterocycles.